The minimum absolute atomic E-state index is 0.000971. The number of aliphatic carboxylic acids is 1. The summed E-state index contributed by atoms with van der Waals surface area (Å²) in [6.45, 7) is 0.927. The third-order valence-electron chi connectivity index (χ3n) is 7.82. The van der Waals surface area contributed by atoms with E-state index in [1.807, 2.05) is 0 Å². The zero-order chi connectivity index (χ0) is 35.6. The lowest BCUT2D eigenvalue weighted by atomic mass is 10.1. The van der Waals surface area contributed by atoms with E-state index in [-0.39, 0.29) is 84.1 Å². The quantitative estimate of drug-likeness (QED) is 0.200. The molecule has 3 amide bonds. The highest BCUT2D eigenvalue weighted by molar-refractivity contribution is 6.34. The van der Waals surface area contributed by atoms with Gasteiger partial charge < -0.3 is 36.3 Å². The zero-order valence-electron chi connectivity index (χ0n) is 25.8. The molecule has 1 atom stereocenters. The highest BCUT2D eigenvalue weighted by Crippen LogP contribution is 2.37. The number of benzene rings is 1. The van der Waals surface area contributed by atoms with E-state index in [0.717, 1.165) is 17.1 Å². The van der Waals surface area contributed by atoms with E-state index in [9.17, 15) is 32.3 Å². The fraction of sp³-hybridized carbons (Fsp3) is 0.300. The number of carboxylic acid groups (broad SMARTS) is 1. The van der Waals surface area contributed by atoms with Crippen LogP contribution in [0.1, 0.15) is 39.5 Å². The number of alkyl halides is 3. The second kappa shape index (κ2) is 13.9. The van der Waals surface area contributed by atoms with Crippen LogP contribution in [0.5, 0.6) is 0 Å². The van der Waals surface area contributed by atoms with Crippen LogP contribution in [0.15, 0.2) is 48.9 Å². The Kier molecular flexibility index (Phi) is 9.90. The highest BCUT2D eigenvalue weighted by Gasteiger charge is 2.39. The zero-order valence-corrected chi connectivity index (χ0v) is 26.6. The van der Waals surface area contributed by atoms with Gasteiger partial charge in [-0.25, -0.2) is 14.6 Å². The van der Waals surface area contributed by atoms with Gasteiger partial charge in [0.1, 0.15) is 6.04 Å². The van der Waals surface area contributed by atoms with Crippen LogP contribution in [0.3, 0.4) is 0 Å². The van der Waals surface area contributed by atoms with Crippen molar-refractivity contribution < 1.29 is 37.5 Å². The second-order valence-corrected chi connectivity index (χ2v) is 11.5. The number of anilines is 2. The molecule has 258 valence electrons. The molecule has 5 rings (SSSR count). The van der Waals surface area contributed by atoms with E-state index in [4.69, 9.17) is 28.2 Å². The van der Waals surface area contributed by atoms with Crippen molar-refractivity contribution in [1.29, 1.82) is 0 Å². The number of nitrogen functional groups attached to an aromatic ring is 1. The number of hydrogen-bond acceptors (Lipinski definition) is 9. The molecule has 0 spiro atoms. The normalized spacial score (nSPS) is 14.1. The highest BCUT2D eigenvalue weighted by atomic mass is 35.5. The second-order valence-electron chi connectivity index (χ2n) is 11.1. The number of nitrogens with two attached hydrogens (primary N) is 2. The van der Waals surface area contributed by atoms with Crippen molar-refractivity contribution in [1.82, 2.24) is 34.1 Å². The number of carbonyl (C=O) groups excluding carboxylic acids is 3. The maximum atomic E-state index is 14.0. The van der Waals surface area contributed by atoms with Gasteiger partial charge in [-0.2, -0.15) is 18.3 Å². The molecule has 4 aromatic rings. The minimum Gasteiger partial charge on any atom is -0.480 e. The van der Waals surface area contributed by atoms with E-state index in [2.05, 4.69) is 20.4 Å². The van der Waals surface area contributed by atoms with Crippen molar-refractivity contribution in [2.24, 2.45) is 12.8 Å². The fourth-order valence-electron chi connectivity index (χ4n) is 5.14. The first-order chi connectivity index (χ1) is 23.1. The number of carboxylic acids is 1. The molecular weight excluding hydrogens is 673 g/mol. The molecule has 19 heteroatoms. The largest absolute Gasteiger partial charge is 0.480 e. The summed E-state index contributed by atoms with van der Waals surface area (Å²) in [5.41, 5.74) is 10.2. The first kappa shape index (κ1) is 34.8. The number of rotatable bonds is 9. The summed E-state index contributed by atoms with van der Waals surface area (Å²) in [5, 5.41) is 15.2. The summed E-state index contributed by atoms with van der Waals surface area (Å²) >= 11 is 6.41. The topological polar surface area (TPSA) is 208 Å². The van der Waals surface area contributed by atoms with Crippen LogP contribution in [0.2, 0.25) is 5.02 Å². The predicted molar refractivity (Wildman–Crippen MR) is 170 cm³/mol. The number of pyridine rings is 1. The van der Waals surface area contributed by atoms with E-state index in [1.54, 1.807) is 0 Å². The maximum absolute atomic E-state index is 14.0. The molecule has 1 saturated heterocycles. The lowest BCUT2D eigenvalue weighted by Crippen LogP contribution is -2.50. The molecule has 1 fully saturated rings. The standard InChI is InChI=1S/C30H30ClF3N10O5/c1-41-22(19-15-44(40-25(19)30(32,33)34)23-6-2-16(35)13-37-23)14-38-26(41)27(46)39-17-3-4-18(20(31)12-17)28(47)43-10-8-42(9-11-43)24(45)7-5-21(36)29(48)49/h2-4,6,12-15,21H,5,7-11,35-36H2,1H3,(H,39,46)(H,48,49). The first-order valence-corrected chi connectivity index (χ1v) is 15.1. The number of imidazole rings is 1. The molecule has 0 radical (unpaired) electrons. The monoisotopic (exact) mass is 702 g/mol. The summed E-state index contributed by atoms with van der Waals surface area (Å²) in [6.07, 6.45) is -1.33. The number of amides is 3. The van der Waals surface area contributed by atoms with Gasteiger partial charge in [-0.05, 0) is 36.8 Å². The molecular formula is C30H30ClF3N10O5. The van der Waals surface area contributed by atoms with E-state index in [1.165, 1.54) is 57.9 Å². The maximum Gasteiger partial charge on any atom is 0.435 e. The number of halogens is 4. The van der Waals surface area contributed by atoms with Crippen LogP contribution >= 0.6 is 11.6 Å². The first-order valence-electron chi connectivity index (χ1n) is 14.7. The van der Waals surface area contributed by atoms with Crippen molar-refractivity contribution in [3.63, 3.8) is 0 Å². The predicted octanol–water partition coefficient (Wildman–Crippen LogP) is 2.65. The number of aromatic nitrogens is 5. The number of carbonyl (C=O) groups is 4. The SMILES string of the molecule is Cn1c(-c2cn(-c3ccc(N)cn3)nc2C(F)(F)F)cnc1C(=O)Nc1ccc(C(=O)N2CCN(C(=O)CCC(N)C(=O)O)CC2)c(Cl)c1. The van der Waals surface area contributed by atoms with Crippen molar-refractivity contribution in [3.05, 3.63) is 71.0 Å². The van der Waals surface area contributed by atoms with E-state index < -0.39 is 35.7 Å². The lowest BCUT2D eigenvalue weighted by Gasteiger charge is -2.35. The van der Waals surface area contributed by atoms with Crippen molar-refractivity contribution in [2.75, 3.05) is 37.2 Å². The van der Waals surface area contributed by atoms with Gasteiger partial charge in [0.2, 0.25) is 5.91 Å². The fourth-order valence-corrected chi connectivity index (χ4v) is 5.40. The molecule has 1 aliphatic heterocycles. The summed E-state index contributed by atoms with van der Waals surface area (Å²) in [5.74, 6) is -2.71. The van der Waals surface area contributed by atoms with Gasteiger partial charge in [-0.1, -0.05) is 11.6 Å². The molecule has 1 aromatic carbocycles. The third kappa shape index (κ3) is 7.65. The molecule has 3 aromatic heterocycles. The van der Waals surface area contributed by atoms with E-state index >= 15 is 0 Å². The van der Waals surface area contributed by atoms with Crippen LogP contribution in [0.4, 0.5) is 24.5 Å². The number of hydrogen-bond donors (Lipinski definition) is 4. The van der Waals surface area contributed by atoms with Crippen molar-refractivity contribution in [2.45, 2.75) is 25.1 Å². The Bertz CT molecular complexity index is 1900. The van der Waals surface area contributed by atoms with Gasteiger partial charge >= 0.3 is 12.1 Å². The molecule has 0 bridgehead atoms. The van der Waals surface area contributed by atoms with Crippen LogP contribution in [-0.2, 0) is 22.8 Å². The molecule has 0 aliphatic carbocycles. The molecule has 1 aliphatic rings. The molecule has 1 unspecified atom stereocenters. The van der Waals surface area contributed by atoms with Crippen LogP contribution in [0.25, 0.3) is 17.1 Å². The van der Waals surface area contributed by atoms with Crippen molar-refractivity contribution in [3.8, 4) is 17.1 Å². The van der Waals surface area contributed by atoms with Gasteiger partial charge in [0, 0.05) is 51.5 Å². The number of piperazine rings is 1. The lowest BCUT2D eigenvalue weighted by molar-refractivity contribution is -0.141. The van der Waals surface area contributed by atoms with Crippen LogP contribution in [0, 0.1) is 0 Å². The number of nitrogens with zero attached hydrogens (tertiary/aromatic N) is 7. The van der Waals surface area contributed by atoms with Crippen molar-refractivity contribution >= 4 is 46.7 Å². The van der Waals surface area contributed by atoms with E-state index in [0.29, 0.717) is 5.69 Å². The Hall–Kier alpha value is -5.49. The minimum atomic E-state index is -4.83. The number of nitrogens with one attached hydrogen (secondary N) is 1. The Morgan fingerprint density at radius 1 is 1.04 bits per heavy atom. The third-order valence-corrected chi connectivity index (χ3v) is 8.13. The van der Waals surface area contributed by atoms with Gasteiger partial charge in [-0.3, -0.25) is 19.2 Å². The Balaban J connectivity index is 1.25. The molecule has 6 N–H and O–H groups in total. The van der Waals surface area contributed by atoms with Gasteiger partial charge in [0.05, 0.1) is 39.9 Å². The van der Waals surface area contributed by atoms with Gasteiger partial charge in [0.15, 0.2) is 17.3 Å². The van der Waals surface area contributed by atoms with Gasteiger partial charge in [0.25, 0.3) is 11.8 Å². The Morgan fingerprint density at radius 2 is 1.73 bits per heavy atom. The smallest absolute Gasteiger partial charge is 0.435 e. The van der Waals surface area contributed by atoms with Crippen LogP contribution in [-0.4, -0.2) is 95.1 Å². The summed E-state index contributed by atoms with van der Waals surface area (Å²) < 4.78 is 44.1. The molecule has 49 heavy (non-hydrogen) atoms. The molecule has 4 heterocycles. The molecule has 0 saturated carbocycles. The van der Waals surface area contributed by atoms with Gasteiger partial charge in [-0.15, -0.1) is 0 Å². The summed E-state index contributed by atoms with van der Waals surface area (Å²) in [6, 6.07) is 5.96. The summed E-state index contributed by atoms with van der Waals surface area (Å²) in [4.78, 5) is 60.8. The Labute approximate surface area is 281 Å². The van der Waals surface area contributed by atoms with Crippen LogP contribution < -0.4 is 16.8 Å². The average Bonchev–Trinajstić information content (AvgIpc) is 3.67. The Morgan fingerprint density at radius 3 is 2.35 bits per heavy atom. The average molecular weight is 703 g/mol. The summed E-state index contributed by atoms with van der Waals surface area (Å²) in [7, 11) is 1.38. The molecule has 15 nitrogen and oxygen atoms in total.